The smallest absolute Gasteiger partial charge is 0.123 e. The van der Waals surface area contributed by atoms with Crippen LogP contribution < -0.4 is 5.32 Å². The third-order valence-electron chi connectivity index (χ3n) is 3.22. The zero-order valence-electron chi connectivity index (χ0n) is 11.0. The summed E-state index contributed by atoms with van der Waals surface area (Å²) in [5, 5.41) is 3.52. The minimum absolute atomic E-state index is 0.176. The van der Waals surface area contributed by atoms with E-state index in [9.17, 15) is 4.39 Å². The van der Waals surface area contributed by atoms with Gasteiger partial charge in [0, 0.05) is 16.6 Å². The summed E-state index contributed by atoms with van der Waals surface area (Å²) in [6, 6.07) is 15.3. The number of hydrogen-bond donors (Lipinski definition) is 1. The molecule has 0 fully saturated rings. The fourth-order valence-corrected chi connectivity index (χ4v) is 2.51. The predicted molar refractivity (Wildman–Crippen MR) is 80.5 cm³/mol. The van der Waals surface area contributed by atoms with Crippen LogP contribution in [0, 0.1) is 5.82 Å². The van der Waals surface area contributed by atoms with E-state index >= 15 is 0 Å². The van der Waals surface area contributed by atoms with Crippen molar-refractivity contribution in [3.8, 4) is 0 Å². The van der Waals surface area contributed by atoms with E-state index in [-0.39, 0.29) is 17.9 Å². The van der Waals surface area contributed by atoms with E-state index in [1.54, 1.807) is 0 Å². The lowest BCUT2D eigenvalue weighted by molar-refractivity contribution is 0.493. The zero-order chi connectivity index (χ0) is 13.8. The van der Waals surface area contributed by atoms with Gasteiger partial charge < -0.3 is 5.32 Å². The Morgan fingerprint density at radius 3 is 2.21 bits per heavy atom. The molecule has 0 heterocycles. The fraction of sp³-hybridized carbons (Fsp3) is 0.250. The van der Waals surface area contributed by atoms with E-state index in [2.05, 4.69) is 47.2 Å². The SMILES string of the molecule is CC(NC(C)c1cccc(Br)c1)c1ccc(F)cc1. The first kappa shape index (κ1) is 14.2. The predicted octanol–water partition coefficient (Wildman–Crippen LogP) is 5.00. The van der Waals surface area contributed by atoms with Crippen LogP contribution in [0.3, 0.4) is 0 Å². The van der Waals surface area contributed by atoms with Crippen LogP contribution in [0.2, 0.25) is 0 Å². The normalized spacial score (nSPS) is 14.1. The maximum atomic E-state index is 12.9. The van der Waals surface area contributed by atoms with Crippen molar-refractivity contribution in [3.63, 3.8) is 0 Å². The molecule has 2 rings (SSSR count). The summed E-state index contributed by atoms with van der Waals surface area (Å²) in [5.41, 5.74) is 2.31. The van der Waals surface area contributed by atoms with Gasteiger partial charge in [0.2, 0.25) is 0 Å². The second-order valence-corrected chi connectivity index (χ2v) is 5.63. The Morgan fingerprint density at radius 1 is 0.947 bits per heavy atom. The Balaban J connectivity index is 2.06. The van der Waals surface area contributed by atoms with E-state index in [1.807, 2.05) is 24.3 Å². The first-order chi connectivity index (χ1) is 9.06. The summed E-state index contributed by atoms with van der Waals surface area (Å²) in [6.07, 6.45) is 0. The van der Waals surface area contributed by atoms with E-state index in [1.165, 1.54) is 17.7 Å². The molecular weight excluding hydrogens is 305 g/mol. The number of hydrogen-bond acceptors (Lipinski definition) is 1. The molecule has 0 bridgehead atoms. The zero-order valence-corrected chi connectivity index (χ0v) is 12.6. The van der Waals surface area contributed by atoms with Crippen LogP contribution in [-0.4, -0.2) is 0 Å². The quantitative estimate of drug-likeness (QED) is 0.835. The summed E-state index contributed by atoms with van der Waals surface area (Å²) < 4.78 is 14.0. The lowest BCUT2D eigenvalue weighted by Crippen LogP contribution is -2.22. The van der Waals surface area contributed by atoms with Gasteiger partial charge in [-0.3, -0.25) is 0 Å². The highest BCUT2D eigenvalue weighted by Gasteiger charge is 2.11. The monoisotopic (exact) mass is 321 g/mol. The van der Waals surface area contributed by atoms with Crippen LogP contribution in [0.4, 0.5) is 4.39 Å². The Hall–Kier alpha value is -1.19. The van der Waals surface area contributed by atoms with Crippen LogP contribution in [0.15, 0.2) is 53.0 Å². The fourth-order valence-electron chi connectivity index (χ4n) is 2.09. The summed E-state index contributed by atoms with van der Waals surface area (Å²) >= 11 is 3.48. The molecule has 1 N–H and O–H groups in total. The van der Waals surface area contributed by atoms with Crippen molar-refractivity contribution in [2.24, 2.45) is 0 Å². The van der Waals surface area contributed by atoms with Crippen LogP contribution >= 0.6 is 15.9 Å². The number of nitrogens with one attached hydrogen (secondary N) is 1. The summed E-state index contributed by atoms with van der Waals surface area (Å²) in [4.78, 5) is 0. The molecule has 2 aromatic rings. The minimum atomic E-state index is -0.198. The first-order valence-corrected chi connectivity index (χ1v) is 7.12. The van der Waals surface area contributed by atoms with Gasteiger partial charge in [-0.25, -0.2) is 4.39 Å². The van der Waals surface area contributed by atoms with Gasteiger partial charge >= 0.3 is 0 Å². The molecule has 100 valence electrons. The van der Waals surface area contributed by atoms with Gasteiger partial charge in [-0.05, 0) is 49.2 Å². The van der Waals surface area contributed by atoms with Crippen molar-refractivity contribution in [2.45, 2.75) is 25.9 Å². The molecule has 19 heavy (non-hydrogen) atoms. The van der Waals surface area contributed by atoms with Crippen molar-refractivity contribution in [1.29, 1.82) is 0 Å². The van der Waals surface area contributed by atoms with E-state index in [0.717, 1.165) is 10.0 Å². The Morgan fingerprint density at radius 2 is 1.58 bits per heavy atom. The molecule has 0 aliphatic rings. The maximum absolute atomic E-state index is 12.9. The van der Waals surface area contributed by atoms with Gasteiger partial charge in [0.15, 0.2) is 0 Å². The molecule has 3 heteroatoms. The molecule has 0 aliphatic carbocycles. The standard InChI is InChI=1S/C16H17BrFN/c1-11(13-6-8-16(18)9-7-13)19-12(2)14-4-3-5-15(17)10-14/h3-12,19H,1-2H3. The van der Waals surface area contributed by atoms with E-state index < -0.39 is 0 Å². The molecule has 0 aromatic heterocycles. The van der Waals surface area contributed by atoms with Crippen LogP contribution in [0.25, 0.3) is 0 Å². The van der Waals surface area contributed by atoms with Crippen LogP contribution in [0.1, 0.15) is 37.1 Å². The average Bonchev–Trinajstić information content (AvgIpc) is 2.39. The second-order valence-electron chi connectivity index (χ2n) is 4.72. The van der Waals surface area contributed by atoms with Crippen LogP contribution in [-0.2, 0) is 0 Å². The Kier molecular flexibility index (Phi) is 4.72. The summed E-state index contributed by atoms with van der Waals surface area (Å²) in [6.45, 7) is 4.21. The molecule has 0 aliphatic heterocycles. The lowest BCUT2D eigenvalue weighted by Gasteiger charge is -2.21. The molecule has 2 aromatic carbocycles. The first-order valence-electron chi connectivity index (χ1n) is 6.33. The van der Waals surface area contributed by atoms with Gasteiger partial charge in [-0.1, -0.05) is 40.2 Å². The van der Waals surface area contributed by atoms with Crippen LogP contribution in [0.5, 0.6) is 0 Å². The Bertz CT molecular complexity index is 539. The highest BCUT2D eigenvalue weighted by atomic mass is 79.9. The summed E-state index contributed by atoms with van der Waals surface area (Å²) in [5.74, 6) is -0.198. The van der Waals surface area contributed by atoms with Gasteiger partial charge in [0.25, 0.3) is 0 Å². The highest BCUT2D eigenvalue weighted by Crippen LogP contribution is 2.22. The maximum Gasteiger partial charge on any atom is 0.123 e. The molecular formula is C16H17BrFN. The summed E-state index contributed by atoms with van der Waals surface area (Å²) in [7, 11) is 0. The number of rotatable bonds is 4. The second kappa shape index (κ2) is 6.31. The van der Waals surface area contributed by atoms with Gasteiger partial charge in [0.05, 0.1) is 0 Å². The third kappa shape index (κ3) is 3.88. The van der Waals surface area contributed by atoms with E-state index in [0.29, 0.717) is 0 Å². The van der Waals surface area contributed by atoms with Gasteiger partial charge in [0.1, 0.15) is 5.82 Å². The topological polar surface area (TPSA) is 12.0 Å². The Labute approximate surface area is 122 Å². The van der Waals surface area contributed by atoms with Crippen molar-refractivity contribution >= 4 is 15.9 Å². The van der Waals surface area contributed by atoms with Crippen molar-refractivity contribution in [2.75, 3.05) is 0 Å². The molecule has 2 unspecified atom stereocenters. The molecule has 2 atom stereocenters. The molecule has 0 saturated heterocycles. The molecule has 0 saturated carbocycles. The third-order valence-corrected chi connectivity index (χ3v) is 3.71. The van der Waals surface area contributed by atoms with Crippen molar-refractivity contribution < 1.29 is 4.39 Å². The van der Waals surface area contributed by atoms with Gasteiger partial charge in [-0.15, -0.1) is 0 Å². The van der Waals surface area contributed by atoms with Crippen molar-refractivity contribution in [3.05, 3.63) is 69.9 Å². The van der Waals surface area contributed by atoms with E-state index in [4.69, 9.17) is 0 Å². The molecule has 1 nitrogen and oxygen atoms in total. The number of halogens is 2. The average molecular weight is 322 g/mol. The highest BCUT2D eigenvalue weighted by molar-refractivity contribution is 9.10. The molecule has 0 amide bonds. The van der Waals surface area contributed by atoms with Gasteiger partial charge in [-0.2, -0.15) is 0 Å². The van der Waals surface area contributed by atoms with Crippen molar-refractivity contribution in [1.82, 2.24) is 5.32 Å². The molecule has 0 radical (unpaired) electrons. The minimum Gasteiger partial charge on any atom is -0.304 e. The number of benzene rings is 2. The lowest BCUT2D eigenvalue weighted by atomic mass is 10.0. The largest absolute Gasteiger partial charge is 0.304 e. The molecule has 0 spiro atoms.